The van der Waals surface area contributed by atoms with Crippen molar-refractivity contribution >= 4 is 28.8 Å². The Morgan fingerprint density at radius 1 is 1.27 bits per heavy atom. The molecule has 0 aliphatic rings. The number of aryl methyl sites for hydroxylation is 1. The van der Waals surface area contributed by atoms with Crippen LogP contribution in [0.2, 0.25) is 5.02 Å². The topological polar surface area (TPSA) is 90.5 Å². The number of nitrogens with one attached hydrogen (secondary N) is 1. The average Bonchev–Trinajstić information content (AvgIpc) is 3.03. The number of rotatable bonds is 5. The van der Waals surface area contributed by atoms with Crippen LogP contribution in [0.3, 0.4) is 0 Å². The number of aromatic nitrogens is 4. The molecule has 0 saturated heterocycles. The first kappa shape index (κ1) is 19.6. The van der Waals surface area contributed by atoms with Crippen molar-refractivity contribution in [3.8, 4) is 11.6 Å². The van der Waals surface area contributed by atoms with Crippen LogP contribution in [0.25, 0.3) is 5.65 Å². The second kappa shape index (κ2) is 7.96. The summed E-state index contributed by atoms with van der Waals surface area (Å²) in [6.07, 6.45) is 2.79. The third kappa shape index (κ3) is 3.87. The zero-order chi connectivity index (χ0) is 21.3. The molecule has 0 spiro atoms. The number of benzene rings is 2. The van der Waals surface area contributed by atoms with Crippen molar-refractivity contribution in [1.29, 1.82) is 0 Å². The summed E-state index contributed by atoms with van der Waals surface area (Å²) in [5.74, 6) is -0.571. The van der Waals surface area contributed by atoms with Gasteiger partial charge in [-0.3, -0.25) is 4.79 Å². The molecule has 10 heteroatoms. The predicted molar refractivity (Wildman–Crippen MR) is 109 cm³/mol. The van der Waals surface area contributed by atoms with Crippen molar-refractivity contribution in [2.45, 2.75) is 13.5 Å². The van der Waals surface area contributed by atoms with Gasteiger partial charge in [-0.2, -0.15) is 0 Å². The molecule has 4 rings (SSSR count). The monoisotopic (exact) mass is 427 g/mol. The summed E-state index contributed by atoms with van der Waals surface area (Å²) in [6, 6.07) is 11.1. The SMILES string of the molecule is Cc1ccc(NC(=O)Cn2nc3c(Oc4ccccc4Cl)nccn3c2=O)cc1F. The minimum absolute atomic E-state index is 0.0578. The van der Waals surface area contributed by atoms with Crippen LogP contribution >= 0.6 is 11.6 Å². The summed E-state index contributed by atoms with van der Waals surface area (Å²) >= 11 is 6.10. The second-order valence-corrected chi connectivity index (χ2v) is 6.82. The molecule has 8 nitrogen and oxygen atoms in total. The number of carbonyl (C=O) groups is 1. The summed E-state index contributed by atoms with van der Waals surface area (Å²) in [6.45, 7) is 1.25. The first-order valence-corrected chi connectivity index (χ1v) is 9.23. The first-order valence-electron chi connectivity index (χ1n) is 8.85. The highest BCUT2D eigenvalue weighted by Gasteiger charge is 2.16. The third-order valence-corrected chi connectivity index (χ3v) is 4.57. The molecule has 0 atom stereocenters. The zero-order valence-corrected chi connectivity index (χ0v) is 16.4. The molecule has 1 amide bonds. The van der Waals surface area contributed by atoms with Gasteiger partial charge >= 0.3 is 5.69 Å². The van der Waals surface area contributed by atoms with E-state index < -0.39 is 17.4 Å². The number of ether oxygens (including phenoxy) is 1. The van der Waals surface area contributed by atoms with Crippen molar-refractivity contribution in [2.75, 3.05) is 5.32 Å². The highest BCUT2D eigenvalue weighted by Crippen LogP contribution is 2.28. The van der Waals surface area contributed by atoms with Crippen molar-refractivity contribution in [1.82, 2.24) is 19.2 Å². The first-order chi connectivity index (χ1) is 14.4. The van der Waals surface area contributed by atoms with E-state index in [2.05, 4.69) is 15.4 Å². The summed E-state index contributed by atoms with van der Waals surface area (Å²) in [7, 11) is 0. The number of amides is 1. The van der Waals surface area contributed by atoms with Crippen LogP contribution in [0.15, 0.2) is 59.7 Å². The van der Waals surface area contributed by atoms with E-state index in [4.69, 9.17) is 16.3 Å². The molecular formula is C20H15ClFN5O3. The number of hydrogen-bond acceptors (Lipinski definition) is 5. The van der Waals surface area contributed by atoms with E-state index in [-0.39, 0.29) is 23.8 Å². The highest BCUT2D eigenvalue weighted by molar-refractivity contribution is 6.32. The quantitative estimate of drug-likeness (QED) is 0.527. The molecule has 0 bridgehead atoms. The largest absolute Gasteiger partial charge is 0.434 e. The molecule has 2 aromatic heterocycles. The maximum absolute atomic E-state index is 13.7. The number of nitrogens with zero attached hydrogens (tertiary/aromatic N) is 4. The minimum Gasteiger partial charge on any atom is -0.434 e. The number of carbonyl (C=O) groups excluding carboxylic acids is 1. The van der Waals surface area contributed by atoms with Gasteiger partial charge in [0.25, 0.3) is 5.88 Å². The normalized spacial score (nSPS) is 10.9. The van der Waals surface area contributed by atoms with Crippen LogP contribution in [0.4, 0.5) is 10.1 Å². The standard InChI is InChI=1S/C20H15ClFN5O3/c1-12-6-7-13(10-15(12)22)24-17(28)11-27-20(29)26-9-8-23-19(18(26)25-27)30-16-5-3-2-4-14(16)21/h2-10H,11H2,1H3,(H,24,28). The van der Waals surface area contributed by atoms with Crippen LogP contribution in [-0.4, -0.2) is 25.1 Å². The molecule has 1 N–H and O–H groups in total. The van der Waals surface area contributed by atoms with Crippen LogP contribution < -0.4 is 15.7 Å². The van der Waals surface area contributed by atoms with Crippen LogP contribution in [-0.2, 0) is 11.3 Å². The molecule has 0 fully saturated rings. The van der Waals surface area contributed by atoms with Gasteiger partial charge in [0.15, 0.2) is 0 Å². The van der Waals surface area contributed by atoms with Crippen LogP contribution in [0, 0.1) is 12.7 Å². The molecule has 0 unspecified atom stereocenters. The van der Waals surface area contributed by atoms with Crippen molar-refractivity contribution < 1.29 is 13.9 Å². The molecule has 0 saturated carbocycles. The fourth-order valence-electron chi connectivity index (χ4n) is 2.74. The Morgan fingerprint density at radius 3 is 2.83 bits per heavy atom. The zero-order valence-electron chi connectivity index (χ0n) is 15.7. The molecule has 4 aromatic rings. The van der Waals surface area contributed by atoms with Gasteiger partial charge < -0.3 is 10.1 Å². The van der Waals surface area contributed by atoms with Crippen molar-refractivity contribution in [3.63, 3.8) is 0 Å². The maximum Gasteiger partial charge on any atom is 0.351 e. The third-order valence-electron chi connectivity index (χ3n) is 4.26. The van der Waals surface area contributed by atoms with Crippen molar-refractivity contribution in [2.24, 2.45) is 0 Å². The van der Waals surface area contributed by atoms with E-state index in [0.717, 1.165) is 4.68 Å². The Kier molecular flexibility index (Phi) is 5.20. The number of hydrogen-bond donors (Lipinski definition) is 1. The Balaban J connectivity index is 1.60. The van der Waals surface area contributed by atoms with Gasteiger partial charge in [0.05, 0.1) is 5.02 Å². The van der Waals surface area contributed by atoms with Gasteiger partial charge in [0.1, 0.15) is 18.1 Å². The van der Waals surface area contributed by atoms with Gasteiger partial charge in [-0.25, -0.2) is 23.3 Å². The second-order valence-electron chi connectivity index (χ2n) is 6.41. The number of fused-ring (bicyclic) bond motifs is 1. The lowest BCUT2D eigenvalue weighted by Crippen LogP contribution is -2.28. The number of halogens is 2. The fourth-order valence-corrected chi connectivity index (χ4v) is 2.91. The van der Waals surface area contributed by atoms with Gasteiger partial charge in [-0.1, -0.05) is 29.8 Å². The lowest BCUT2D eigenvalue weighted by Gasteiger charge is -2.06. The summed E-state index contributed by atoms with van der Waals surface area (Å²) in [5, 5.41) is 7.06. The number of para-hydroxylation sites is 1. The summed E-state index contributed by atoms with van der Waals surface area (Å²) in [4.78, 5) is 29.0. The van der Waals surface area contributed by atoms with E-state index in [0.29, 0.717) is 16.3 Å². The fraction of sp³-hybridized carbons (Fsp3) is 0.100. The molecular weight excluding hydrogens is 413 g/mol. The smallest absolute Gasteiger partial charge is 0.351 e. The van der Waals surface area contributed by atoms with E-state index in [1.807, 2.05) is 0 Å². The Morgan fingerprint density at radius 2 is 2.07 bits per heavy atom. The molecule has 2 heterocycles. The van der Waals surface area contributed by atoms with Gasteiger partial charge in [0.2, 0.25) is 11.6 Å². The predicted octanol–water partition coefficient (Wildman–Crippen LogP) is 3.42. The Hall–Kier alpha value is -3.72. The Labute approximate surface area is 174 Å². The lowest BCUT2D eigenvalue weighted by molar-refractivity contribution is -0.117. The van der Waals surface area contributed by atoms with Crippen LogP contribution in [0.5, 0.6) is 11.6 Å². The van der Waals surface area contributed by atoms with E-state index in [9.17, 15) is 14.0 Å². The number of anilines is 1. The van der Waals surface area contributed by atoms with Crippen molar-refractivity contribution in [3.05, 3.63) is 81.7 Å². The summed E-state index contributed by atoms with van der Waals surface area (Å²) < 4.78 is 21.5. The van der Waals surface area contributed by atoms with Crippen LogP contribution in [0.1, 0.15) is 5.56 Å². The van der Waals surface area contributed by atoms with E-state index >= 15 is 0 Å². The highest BCUT2D eigenvalue weighted by atomic mass is 35.5. The molecule has 0 aliphatic heterocycles. The molecule has 0 aliphatic carbocycles. The molecule has 30 heavy (non-hydrogen) atoms. The van der Waals surface area contributed by atoms with E-state index in [1.54, 1.807) is 43.3 Å². The Bertz CT molecular complexity index is 1320. The van der Waals surface area contributed by atoms with Gasteiger partial charge in [-0.05, 0) is 36.8 Å². The molecule has 2 aromatic carbocycles. The van der Waals surface area contributed by atoms with Gasteiger partial charge in [-0.15, -0.1) is 5.10 Å². The minimum atomic E-state index is -0.554. The van der Waals surface area contributed by atoms with Gasteiger partial charge in [0, 0.05) is 18.1 Å². The lowest BCUT2D eigenvalue weighted by atomic mass is 10.2. The molecule has 0 radical (unpaired) electrons. The van der Waals surface area contributed by atoms with E-state index in [1.165, 1.54) is 22.9 Å². The maximum atomic E-state index is 13.7. The molecule has 152 valence electrons. The summed E-state index contributed by atoms with van der Waals surface area (Å²) in [5.41, 5.74) is 0.311. The average molecular weight is 428 g/mol.